The van der Waals surface area contributed by atoms with Crippen LogP contribution in [-0.4, -0.2) is 17.3 Å². The minimum Gasteiger partial charge on any atom is -0.491 e. The molecule has 1 N–H and O–H groups in total. The summed E-state index contributed by atoms with van der Waals surface area (Å²) in [6.07, 6.45) is 2.69. The summed E-state index contributed by atoms with van der Waals surface area (Å²) in [4.78, 5) is 0. The quantitative estimate of drug-likeness (QED) is 0.801. The molecule has 1 aromatic carbocycles. The molecule has 0 bridgehead atoms. The second kappa shape index (κ2) is 6.54. The molecule has 2 unspecified atom stereocenters. The second-order valence-corrected chi connectivity index (χ2v) is 4.41. The lowest BCUT2D eigenvalue weighted by atomic mass is 10.1. The summed E-state index contributed by atoms with van der Waals surface area (Å²) in [6, 6.07) is 8.22. The Morgan fingerprint density at radius 1 is 1.19 bits per heavy atom. The summed E-state index contributed by atoms with van der Waals surface area (Å²) in [5.74, 6) is 0.882. The Bertz CT molecular complexity index is 290. The molecular weight excluding hydrogens is 200 g/mol. The lowest BCUT2D eigenvalue weighted by Gasteiger charge is -2.16. The first-order valence-electron chi connectivity index (χ1n) is 6.05. The van der Waals surface area contributed by atoms with Crippen molar-refractivity contribution in [1.82, 2.24) is 0 Å². The lowest BCUT2D eigenvalue weighted by molar-refractivity contribution is 0.115. The van der Waals surface area contributed by atoms with Crippen LogP contribution in [-0.2, 0) is 6.42 Å². The number of aryl methyl sites for hydroxylation is 1. The molecule has 0 aliphatic rings. The van der Waals surface area contributed by atoms with Crippen molar-refractivity contribution in [3.05, 3.63) is 29.8 Å². The van der Waals surface area contributed by atoms with Gasteiger partial charge in [0.2, 0.25) is 0 Å². The monoisotopic (exact) mass is 222 g/mol. The van der Waals surface area contributed by atoms with E-state index in [-0.39, 0.29) is 12.2 Å². The van der Waals surface area contributed by atoms with Gasteiger partial charge in [0.15, 0.2) is 0 Å². The summed E-state index contributed by atoms with van der Waals surface area (Å²) in [6.45, 7) is 5.94. The average Bonchev–Trinajstić information content (AvgIpc) is 2.20. The summed E-state index contributed by atoms with van der Waals surface area (Å²) in [5, 5.41) is 9.23. The maximum absolute atomic E-state index is 9.23. The highest BCUT2D eigenvalue weighted by Gasteiger charge is 2.07. The molecule has 0 aliphatic carbocycles. The zero-order valence-electron chi connectivity index (χ0n) is 10.4. The Kier molecular flexibility index (Phi) is 5.33. The summed E-state index contributed by atoms with van der Waals surface area (Å²) < 4.78 is 5.70. The van der Waals surface area contributed by atoms with Gasteiger partial charge in [-0.15, -0.1) is 0 Å². The van der Waals surface area contributed by atoms with Gasteiger partial charge in [-0.3, -0.25) is 0 Å². The molecule has 0 saturated heterocycles. The Labute approximate surface area is 98.3 Å². The Balaban J connectivity index is 2.48. The van der Waals surface area contributed by atoms with E-state index in [1.165, 1.54) is 12.0 Å². The van der Waals surface area contributed by atoms with Gasteiger partial charge in [-0.2, -0.15) is 0 Å². The van der Waals surface area contributed by atoms with Crippen molar-refractivity contribution >= 4 is 0 Å². The van der Waals surface area contributed by atoms with Gasteiger partial charge in [0.1, 0.15) is 5.75 Å². The summed E-state index contributed by atoms with van der Waals surface area (Å²) in [5.41, 5.74) is 1.35. The number of benzene rings is 1. The van der Waals surface area contributed by atoms with Gasteiger partial charge in [0.05, 0.1) is 12.2 Å². The minimum absolute atomic E-state index is 0.0528. The maximum Gasteiger partial charge on any atom is 0.119 e. The van der Waals surface area contributed by atoms with Gasteiger partial charge >= 0.3 is 0 Å². The highest BCUT2D eigenvalue weighted by molar-refractivity contribution is 5.27. The fourth-order valence-electron chi connectivity index (χ4n) is 1.78. The number of hydrogen-bond donors (Lipinski definition) is 1. The van der Waals surface area contributed by atoms with E-state index in [4.69, 9.17) is 4.74 Å². The molecule has 2 nitrogen and oxygen atoms in total. The number of aliphatic hydroxyl groups excluding tert-OH is 1. The van der Waals surface area contributed by atoms with Crippen LogP contribution in [0, 0.1) is 0 Å². The molecule has 0 spiro atoms. The number of hydrogen-bond acceptors (Lipinski definition) is 2. The highest BCUT2D eigenvalue weighted by atomic mass is 16.5. The van der Waals surface area contributed by atoms with Gasteiger partial charge in [-0.05, 0) is 38.0 Å². The topological polar surface area (TPSA) is 29.5 Å². The third kappa shape index (κ3) is 4.67. The smallest absolute Gasteiger partial charge is 0.119 e. The van der Waals surface area contributed by atoms with E-state index in [9.17, 15) is 5.11 Å². The van der Waals surface area contributed by atoms with E-state index in [2.05, 4.69) is 19.1 Å². The third-order valence-electron chi connectivity index (χ3n) is 2.47. The van der Waals surface area contributed by atoms with Crippen molar-refractivity contribution in [2.45, 2.75) is 52.2 Å². The fourth-order valence-corrected chi connectivity index (χ4v) is 1.78. The summed E-state index contributed by atoms with van der Waals surface area (Å²) >= 11 is 0. The first kappa shape index (κ1) is 13.0. The average molecular weight is 222 g/mol. The summed E-state index contributed by atoms with van der Waals surface area (Å²) in [7, 11) is 0. The predicted molar refractivity (Wildman–Crippen MR) is 66.8 cm³/mol. The molecule has 0 fully saturated rings. The third-order valence-corrected chi connectivity index (χ3v) is 2.47. The van der Waals surface area contributed by atoms with E-state index in [0.29, 0.717) is 6.42 Å². The van der Waals surface area contributed by atoms with Crippen LogP contribution in [0.25, 0.3) is 0 Å². The molecule has 90 valence electrons. The van der Waals surface area contributed by atoms with Crippen LogP contribution in [0.15, 0.2) is 24.3 Å². The number of aliphatic hydroxyl groups is 1. The largest absolute Gasteiger partial charge is 0.491 e. The maximum atomic E-state index is 9.23. The molecular formula is C14H22O2. The van der Waals surface area contributed by atoms with Gasteiger partial charge in [0.25, 0.3) is 0 Å². The molecule has 0 amide bonds. The highest BCUT2D eigenvalue weighted by Crippen LogP contribution is 2.16. The second-order valence-electron chi connectivity index (χ2n) is 4.41. The zero-order chi connectivity index (χ0) is 12.0. The van der Waals surface area contributed by atoms with Crippen LogP contribution in [0.2, 0.25) is 0 Å². The lowest BCUT2D eigenvalue weighted by Crippen LogP contribution is -2.18. The molecule has 1 rings (SSSR count). The first-order valence-corrected chi connectivity index (χ1v) is 6.05. The minimum atomic E-state index is -0.311. The van der Waals surface area contributed by atoms with E-state index in [0.717, 1.165) is 12.2 Å². The van der Waals surface area contributed by atoms with Crippen molar-refractivity contribution in [3.8, 4) is 5.75 Å². The van der Waals surface area contributed by atoms with Crippen molar-refractivity contribution in [3.63, 3.8) is 0 Å². The van der Waals surface area contributed by atoms with Gasteiger partial charge in [-0.25, -0.2) is 0 Å². The van der Waals surface area contributed by atoms with E-state index >= 15 is 0 Å². The van der Waals surface area contributed by atoms with Crippen molar-refractivity contribution in [2.75, 3.05) is 0 Å². The number of rotatable bonds is 6. The van der Waals surface area contributed by atoms with Gasteiger partial charge in [0, 0.05) is 6.42 Å². The van der Waals surface area contributed by atoms with Crippen molar-refractivity contribution in [2.24, 2.45) is 0 Å². The van der Waals surface area contributed by atoms with Crippen LogP contribution in [0.1, 0.15) is 39.2 Å². The van der Waals surface area contributed by atoms with Crippen molar-refractivity contribution < 1.29 is 9.84 Å². The Morgan fingerprint density at radius 2 is 1.81 bits per heavy atom. The SMILES string of the molecule is CCCc1ccc(OC(C)CC(C)O)cc1. The van der Waals surface area contributed by atoms with Crippen LogP contribution in [0.4, 0.5) is 0 Å². The van der Waals surface area contributed by atoms with Crippen molar-refractivity contribution in [1.29, 1.82) is 0 Å². The molecule has 2 heteroatoms. The Hall–Kier alpha value is -1.02. The predicted octanol–water partition coefficient (Wildman–Crippen LogP) is 3.18. The molecule has 0 aromatic heterocycles. The Morgan fingerprint density at radius 3 is 2.31 bits per heavy atom. The standard InChI is InChI=1S/C14H22O2/c1-4-5-13-6-8-14(9-7-13)16-12(3)10-11(2)15/h6-9,11-12,15H,4-5,10H2,1-3H3. The van der Waals surface area contributed by atoms with E-state index < -0.39 is 0 Å². The molecule has 16 heavy (non-hydrogen) atoms. The number of ether oxygens (including phenoxy) is 1. The molecule has 0 aliphatic heterocycles. The van der Waals surface area contributed by atoms with E-state index in [1.807, 2.05) is 19.1 Å². The molecule has 0 heterocycles. The molecule has 0 radical (unpaired) electrons. The van der Waals surface area contributed by atoms with Gasteiger partial charge in [-0.1, -0.05) is 25.5 Å². The molecule has 1 aromatic rings. The fraction of sp³-hybridized carbons (Fsp3) is 0.571. The van der Waals surface area contributed by atoms with Crippen LogP contribution < -0.4 is 4.74 Å². The molecule has 2 atom stereocenters. The first-order chi connectivity index (χ1) is 7.61. The van der Waals surface area contributed by atoms with Crippen LogP contribution >= 0.6 is 0 Å². The van der Waals surface area contributed by atoms with Crippen LogP contribution in [0.5, 0.6) is 5.75 Å². The van der Waals surface area contributed by atoms with Gasteiger partial charge < -0.3 is 9.84 Å². The molecule has 0 saturated carbocycles. The zero-order valence-corrected chi connectivity index (χ0v) is 10.4. The van der Waals surface area contributed by atoms with Crippen LogP contribution in [0.3, 0.4) is 0 Å². The normalized spacial score (nSPS) is 14.5. The van der Waals surface area contributed by atoms with E-state index in [1.54, 1.807) is 6.92 Å².